The van der Waals surface area contributed by atoms with Gasteiger partial charge in [0, 0.05) is 12.1 Å². The molecule has 0 bridgehead atoms. The first-order chi connectivity index (χ1) is 12.0. The normalized spacial score (nSPS) is 11.5. The molecular weight excluding hydrogens is 342 g/mol. The van der Waals surface area contributed by atoms with Crippen molar-refractivity contribution in [3.05, 3.63) is 53.6 Å². The first-order valence-corrected chi connectivity index (χ1v) is 8.31. The number of hydrogen-bond donors (Lipinski definition) is 0. The lowest BCUT2D eigenvalue weighted by Gasteiger charge is -2.22. The van der Waals surface area contributed by atoms with Crippen molar-refractivity contribution in [2.75, 3.05) is 27.3 Å². The minimum Gasteiger partial charge on any atom is -0.497 e. The summed E-state index contributed by atoms with van der Waals surface area (Å²) in [7, 11) is 3.33. The van der Waals surface area contributed by atoms with Crippen LogP contribution in [-0.2, 0) is 4.79 Å². The van der Waals surface area contributed by atoms with Gasteiger partial charge in [-0.1, -0.05) is 17.7 Å². The maximum atomic E-state index is 12.4. The lowest BCUT2D eigenvalue weighted by atomic mass is 10.3. The van der Waals surface area contributed by atoms with E-state index in [1.54, 1.807) is 50.2 Å². The maximum absolute atomic E-state index is 12.4. The Labute approximate surface area is 153 Å². The van der Waals surface area contributed by atoms with Crippen LogP contribution in [0.3, 0.4) is 0 Å². The Kier molecular flexibility index (Phi) is 6.95. The Balaban J connectivity index is 1.78. The van der Waals surface area contributed by atoms with E-state index in [0.717, 1.165) is 11.5 Å². The maximum Gasteiger partial charge on any atom is 0.263 e. The van der Waals surface area contributed by atoms with E-state index >= 15 is 0 Å². The van der Waals surface area contributed by atoms with Crippen LogP contribution in [0.1, 0.15) is 6.92 Å². The van der Waals surface area contributed by atoms with Crippen LogP contribution in [0, 0.1) is 0 Å². The van der Waals surface area contributed by atoms with Crippen LogP contribution in [-0.4, -0.2) is 44.2 Å². The first-order valence-electron chi connectivity index (χ1n) is 7.93. The summed E-state index contributed by atoms with van der Waals surface area (Å²) in [6.07, 6.45) is -0.607. The second kappa shape index (κ2) is 9.18. The number of hydrogen-bond acceptors (Lipinski definition) is 4. The summed E-state index contributed by atoms with van der Waals surface area (Å²) >= 11 is 5.92. The van der Waals surface area contributed by atoms with Gasteiger partial charge in [-0.15, -0.1) is 0 Å². The average molecular weight is 364 g/mol. The molecule has 6 heteroatoms. The van der Waals surface area contributed by atoms with Gasteiger partial charge in [-0.2, -0.15) is 0 Å². The highest BCUT2D eigenvalue weighted by molar-refractivity contribution is 6.30. The van der Waals surface area contributed by atoms with Gasteiger partial charge >= 0.3 is 0 Å². The summed E-state index contributed by atoms with van der Waals surface area (Å²) in [6.45, 7) is 2.55. The Morgan fingerprint density at radius 3 is 2.44 bits per heavy atom. The number of carbonyl (C=O) groups is 1. The molecule has 0 aromatic heterocycles. The molecule has 2 aromatic rings. The van der Waals surface area contributed by atoms with Gasteiger partial charge in [0.25, 0.3) is 5.91 Å². The predicted molar refractivity (Wildman–Crippen MR) is 97.7 cm³/mol. The zero-order valence-electron chi connectivity index (χ0n) is 14.6. The van der Waals surface area contributed by atoms with Crippen molar-refractivity contribution >= 4 is 17.5 Å². The summed E-state index contributed by atoms with van der Waals surface area (Å²) in [4.78, 5) is 13.9. The van der Waals surface area contributed by atoms with Crippen LogP contribution in [0.5, 0.6) is 17.2 Å². The van der Waals surface area contributed by atoms with E-state index in [-0.39, 0.29) is 5.91 Å². The second-order valence-electron chi connectivity index (χ2n) is 5.50. The second-order valence-corrected chi connectivity index (χ2v) is 5.94. The zero-order chi connectivity index (χ0) is 18.2. The van der Waals surface area contributed by atoms with Crippen molar-refractivity contribution in [2.24, 2.45) is 0 Å². The highest BCUT2D eigenvalue weighted by atomic mass is 35.5. The van der Waals surface area contributed by atoms with Gasteiger partial charge in [0.05, 0.1) is 13.7 Å². The summed E-state index contributed by atoms with van der Waals surface area (Å²) in [5.74, 6) is 1.94. The zero-order valence-corrected chi connectivity index (χ0v) is 15.3. The molecule has 0 heterocycles. The topological polar surface area (TPSA) is 48.0 Å². The van der Waals surface area contributed by atoms with Gasteiger partial charge in [0.1, 0.15) is 23.9 Å². The molecule has 25 heavy (non-hydrogen) atoms. The molecule has 0 saturated carbocycles. The predicted octanol–water partition coefficient (Wildman–Crippen LogP) is 3.65. The van der Waals surface area contributed by atoms with Gasteiger partial charge < -0.3 is 19.1 Å². The Morgan fingerprint density at radius 2 is 1.80 bits per heavy atom. The summed E-state index contributed by atoms with van der Waals surface area (Å²) < 4.78 is 16.4. The van der Waals surface area contributed by atoms with Crippen molar-refractivity contribution in [2.45, 2.75) is 13.0 Å². The molecule has 1 atom stereocenters. The van der Waals surface area contributed by atoms with Crippen molar-refractivity contribution in [3.63, 3.8) is 0 Å². The molecule has 0 aliphatic rings. The SMILES string of the molecule is COc1ccc(OCCN(C)C(=O)C(C)Oc2cccc(Cl)c2)cc1. The Morgan fingerprint density at radius 1 is 1.12 bits per heavy atom. The van der Waals surface area contributed by atoms with Gasteiger partial charge in [0.15, 0.2) is 6.10 Å². The number of nitrogens with zero attached hydrogens (tertiary/aromatic N) is 1. The minimum absolute atomic E-state index is 0.127. The van der Waals surface area contributed by atoms with E-state index in [1.807, 2.05) is 24.3 Å². The number of halogens is 1. The molecule has 134 valence electrons. The van der Waals surface area contributed by atoms with Crippen LogP contribution in [0.4, 0.5) is 0 Å². The van der Waals surface area contributed by atoms with E-state index in [9.17, 15) is 4.79 Å². The fourth-order valence-electron chi connectivity index (χ4n) is 2.19. The Hall–Kier alpha value is -2.40. The molecule has 0 aliphatic heterocycles. The number of methoxy groups -OCH3 is 1. The van der Waals surface area contributed by atoms with E-state index in [0.29, 0.717) is 23.9 Å². The average Bonchev–Trinajstić information content (AvgIpc) is 2.61. The monoisotopic (exact) mass is 363 g/mol. The smallest absolute Gasteiger partial charge is 0.263 e. The fourth-order valence-corrected chi connectivity index (χ4v) is 2.37. The van der Waals surface area contributed by atoms with Crippen LogP contribution in [0.2, 0.25) is 5.02 Å². The van der Waals surface area contributed by atoms with Gasteiger partial charge in [-0.3, -0.25) is 4.79 Å². The molecule has 0 saturated heterocycles. The highest BCUT2D eigenvalue weighted by Crippen LogP contribution is 2.19. The van der Waals surface area contributed by atoms with Crippen LogP contribution in [0.25, 0.3) is 0 Å². The molecule has 2 aromatic carbocycles. The van der Waals surface area contributed by atoms with Crippen molar-refractivity contribution in [1.82, 2.24) is 4.90 Å². The van der Waals surface area contributed by atoms with Crippen molar-refractivity contribution < 1.29 is 19.0 Å². The summed E-state index contributed by atoms with van der Waals surface area (Å²) in [6, 6.07) is 14.3. The molecule has 0 spiro atoms. The number of benzene rings is 2. The first kappa shape index (κ1) is 18.9. The molecule has 1 amide bonds. The van der Waals surface area contributed by atoms with E-state index in [2.05, 4.69) is 0 Å². The molecule has 0 N–H and O–H groups in total. The number of rotatable bonds is 8. The third kappa shape index (κ3) is 5.87. The standard InChI is InChI=1S/C19H22ClNO4/c1-14(25-18-6-4-5-15(20)13-18)19(22)21(2)11-12-24-17-9-7-16(23-3)8-10-17/h4-10,13-14H,11-12H2,1-3H3. The lowest BCUT2D eigenvalue weighted by Crippen LogP contribution is -2.39. The largest absolute Gasteiger partial charge is 0.497 e. The van der Waals surface area contributed by atoms with E-state index in [4.69, 9.17) is 25.8 Å². The Bertz CT molecular complexity index is 690. The third-order valence-corrected chi connectivity index (χ3v) is 3.82. The number of carbonyl (C=O) groups excluding carboxylic acids is 1. The molecule has 5 nitrogen and oxygen atoms in total. The summed E-state index contributed by atoms with van der Waals surface area (Å²) in [5, 5.41) is 0.568. The van der Waals surface area contributed by atoms with Crippen LogP contribution < -0.4 is 14.2 Å². The van der Waals surface area contributed by atoms with E-state index < -0.39 is 6.10 Å². The molecular formula is C19H22ClNO4. The lowest BCUT2D eigenvalue weighted by molar-refractivity contribution is -0.136. The van der Waals surface area contributed by atoms with Gasteiger partial charge in [0.2, 0.25) is 0 Å². The fraction of sp³-hybridized carbons (Fsp3) is 0.316. The van der Waals surface area contributed by atoms with Crippen LogP contribution >= 0.6 is 11.6 Å². The third-order valence-electron chi connectivity index (χ3n) is 3.59. The molecule has 0 fully saturated rings. The molecule has 1 unspecified atom stereocenters. The number of ether oxygens (including phenoxy) is 3. The van der Waals surface area contributed by atoms with Crippen molar-refractivity contribution in [3.8, 4) is 17.2 Å². The van der Waals surface area contributed by atoms with Gasteiger partial charge in [-0.25, -0.2) is 0 Å². The number of likely N-dealkylation sites (N-methyl/N-ethyl adjacent to an activating group) is 1. The van der Waals surface area contributed by atoms with Crippen LogP contribution in [0.15, 0.2) is 48.5 Å². The minimum atomic E-state index is -0.607. The van der Waals surface area contributed by atoms with Crippen molar-refractivity contribution in [1.29, 1.82) is 0 Å². The summed E-state index contributed by atoms with van der Waals surface area (Å²) in [5.41, 5.74) is 0. The molecule has 2 rings (SSSR count). The molecule has 0 radical (unpaired) electrons. The van der Waals surface area contributed by atoms with Gasteiger partial charge in [-0.05, 0) is 49.4 Å². The van der Waals surface area contributed by atoms with E-state index in [1.165, 1.54) is 0 Å². The number of amides is 1. The quantitative estimate of drug-likeness (QED) is 0.718. The molecule has 0 aliphatic carbocycles. The highest BCUT2D eigenvalue weighted by Gasteiger charge is 2.19.